The summed E-state index contributed by atoms with van der Waals surface area (Å²) in [6, 6.07) is 3.87. The predicted octanol–water partition coefficient (Wildman–Crippen LogP) is 1.51. The first-order valence-corrected chi connectivity index (χ1v) is 5.06. The van der Waals surface area contributed by atoms with E-state index < -0.39 is 0 Å². The quantitative estimate of drug-likeness (QED) is 0.622. The number of nitrogens with one attached hydrogen (secondary N) is 1. The van der Waals surface area contributed by atoms with Gasteiger partial charge in [0.25, 0.3) is 0 Å². The van der Waals surface area contributed by atoms with Gasteiger partial charge in [0.2, 0.25) is 0 Å². The molecule has 1 heterocycles. The Morgan fingerprint density at radius 2 is 2.29 bits per heavy atom. The monoisotopic (exact) mass is 260 g/mol. The lowest BCUT2D eigenvalue weighted by atomic mass is 10.4. The van der Waals surface area contributed by atoms with Crippen LogP contribution in [0.15, 0.2) is 22.8 Å². The van der Waals surface area contributed by atoms with Crippen LogP contribution in [-0.4, -0.2) is 25.3 Å². The lowest BCUT2D eigenvalue weighted by Crippen LogP contribution is -2.17. The van der Waals surface area contributed by atoms with Gasteiger partial charge in [-0.15, -0.1) is 0 Å². The van der Waals surface area contributed by atoms with Crippen LogP contribution in [-0.2, 0) is 16.1 Å². The zero-order valence-electron chi connectivity index (χ0n) is 8.00. The molecule has 78 valence electrons. The van der Waals surface area contributed by atoms with E-state index in [1.807, 2.05) is 12.1 Å². The summed E-state index contributed by atoms with van der Waals surface area (Å²) in [6.45, 7) is 1.71. The van der Waals surface area contributed by atoms with Crippen molar-refractivity contribution in [2.45, 2.75) is 6.54 Å². The third kappa shape index (κ3) is 4.66. The summed E-state index contributed by atoms with van der Waals surface area (Å²) >= 11 is 3.32. The van der Waals surface area contributed by atoms with Crippen LogP contribution in [0.2, 0.25) is 0 Å². The highest BCUT2D eigenvalue weighted by Gasteiger charge is 1.93. The Hall–Kier alpha value is -0.490. The van der Waals surface area contributed by atoms with Crippen molar-refractivity contribution >= 4 is 15.9 Å². The molecule has 0 aliphatic carbocycles. The average molecular weight is 261 g/mol. The summed E-state index contributed by atoms with van der Waals surface area (Å²) in [5.74, 6) is 0. The van der Waals surface area contributed by atoms with Crippen molar-refractivity contribution in [3.63, 3.8) is 0 Å². The second-order valence-corrected chi connectivity index (χ2v) is 3.55. The minimum Gasteiger partial charge on any atom is -0.382 e. The lowest BCUT2D eigenvalue weighted by Gasteiger charge is -2.04. The molecule has 1 rings (SSSR count). The molecular formula is C9H13BrN2O2. The van der Waals surface area contributed by atoms with E-state index in [1.54, 1.807) is 13.3 Å². The first kappa shape index (κ1) is 11.6. The van der Waals surface area contributed by atoms with E-state index in [0.29, 0.717) is 19.8 Å². The minimum atomic E-state index is 0.535. The fourth-order valence-electron chi connectivity index (χ4n) is 0.833. The predicted molar refractivity (Wildman–Crippen MR) is 56.6 cm³/mol. The molecule has 0 fully saturated rings. The van der Waals surface area contributed by atoms with Crippen molar-refractivity contribution in [3.8, 4) is 0 Å². The van der Waals surface area contributed by atoms with Crippen LogP contribution in [0.1, 0.15) is 5.69 Å². The van der Waals surface area contributed by atoms with E-state index in [9.17, 15) is 0 Å². The highest BCUT2D eigenvalue weighted by atomic mass is 79.9. The second kappa shape index (κ2) is 6.89. The Morgan fingerprint density at radius 3 is 2.93 bits per heavy atom. The van der Waals surface area contributed by atoms with Crippen LogP contribution < -0.4 is 5.48 Å². The standard InChI is InChI=1S/C9H13BrN2O2/c1-13-4-5-14-12-7-9-3-2-8(10)6-11-9/h2-3,6,12H,4-5,7H2,1H3. The smallest absolute Gasteiger partial charge is 0.0916 e. The summed E-state index contributed by atoms with van der Waals surface area (Å²) in [4.78, 5) is 9.26. The number of halogens is 1. The molecule has 5 heteroatoms. The van der Waals surface area contributed by atoms with Gasteiger partial charge in [-0.2, -0.15) is 5.48 Å². The van der Waals surface area contributed by atoms with Gasteiger partial charge in [-0.25, -0.2) is 0 Å². The van der Waals surface area contributed by atoms with E-state index in [1.165, 1.54) is 0 Å². The molecule has 0 radical (unpaired) electrons. The molecule has 0 atom stereocenters. The van der Waals surface area contributed by atoms with Crippen LogP contribution >= 0.6 is 15.9 Å². The fraction of sp³-hybridized carbons (Fsp3) is 0.444. The highest BCUT2D eigenvalue weighted by molar-refractivity contribution is 9.10. The number of methoxy groups -OCH3 is 1. The Labute approximate surface area is 91.7 Å². The number of pyridine rings is 1. The molecule has 0 aromatic carbocycles. The maximum atomic E-state index is 5.08. The number of aromatic nitrogens is 1. The van der Waals surface area contributed by atoms with Gasteiger partial charge < -0.3 is 4.74 Å². The molecule has 0 spiro atoms. The van der Waals surface area contributed by atoms with E-state index in [0.717, 1.165) is 10.2 Å². The molecule has 1 aromatic rings. The number of rotatable bonds is 6. The third-order valence-corrected chi connectivity index (χ3v) is 2.00. The van der Waals surface area contributed by atoms with Crippen molar-refractivity contribution in [1.29, 1.82) is 0 Å². The van der Waals surface area contributed by atoms with Gasteiger partial charge in [0, 0.05) is 17.8 Å². The fourth-order valence-corrected chi connectivity index (χ4v) is 1.07. The molecular weight excluding hydrogens is 248 g/mol. The van der Waals surface area contributed by atoms with Gasteiger partial charge in [0.05, 0.1) is 25.5 Å². The van der Waals surface area contributed by atoms with Gasteiger partial charge in [0.1, 0.15) is 0 Å². The van der Waals surface area contributed by atoms with Crippen LogP contribution in [0, 0.1) is 0 Å². The van der Waals surface area contributed by atoms with Crippen molar-refractivity contribution in [3.05, 3.63) is 28.5 Å². The molecule has 0 bridgehead atoms. The maximum absolute atomic E-state index is 5.08. The van der Waals surface area contributed by atoms with Crippen LogP contribution in [0.5, 0.6) is 0 Å². The van der Waals surface area contributed by atoms with Gasteiger partial charge in [-0.05, 0) is 28.1 Å². The number of nitrogens with zero attached hydrogens (tertiary/aromatic N) is 1. The number of hydrogen-bond acceptors (Lipinski definition) is 4. The maximum Gasteiger partial charge on any atom is 0.0916 e. The number of ether oxygens (including phenoxy) is 1. The van der Waals surface area contributed by atoms with Crippen molar-refractivity contribution < 1.29 is 9.57 Å². The Morgan fingerprint density at radius 1 is 1.43 bits per heavy atom. The van der Waals surface area contributed by atoms with Crippen LogP contribution in [0.25, 0.3) is 0 Å². The summed E-state index contributed by atoms with van der Waals surface area (Å²) in [6.07, 6.45) is 1.76. The summed E-state index contributed by atoms with van der Waals surface area (Å²) in [7, 11) is 1.64. The van der Waals surface area contributed by atoms with Crippen LogP contribution in [0.3, 0.4) is 0 Å². The Balaban J connectivity index is 2.15. The van der Waals surface area contributed by atoms with E-state index in [2.05, 4.69) is 26.4 Å². The Bertz CT molecular complexity index is 253. The number of hydrogen-bond donors (Lipinski definition) is 1. The highest BCUT2D eigenvalue weighted by Crippen LogP contribution is 2.06. The SMILES string of the molecule is COCCONCc1ccc(Br)cn1. The van der Waals surface area contributed by atoms with Gasteiger partial charge in [0.15, 0.2) is 0 Å². The first-order valence-electron chi connectivity index (χ1n) is 4.27. The van der Waals surface area contributed by atoms with Gasteiger partial charge >= 0.3 is 0 Å². The minimum absolute atomic E-state index is 0.535. The normalized spacial score (nSPS) is 10.4. The van der Waals surface area contributed by atoms with E-state index >= 15 is 0 Å². The number of hydroxylamine groups is 1. The first-order chi connectivity index (χ1) is 6.83. The van der Waals surface area contributed by atoms with Crippen LogP contribution in [0.4, 0.5) is 0 Å². The topological polar surface area (TPSA) is 43.4 Å². The van der Waals surface area contributed by atoms with Gasteiger partial charge in [-0.1, -0.05) is 0 Å². The summed E-state index contributed by atoms with van der Waals surface area (Å²) in [5.41, 5.74) is 3.73. The summed E-state index contributed by atoms with van der Waals surface area (Å²) < 4.78 is 5.80. The zero-order chi connectivity index (χ0) is 10.2. The molecule has 1 aromatic heterocycles. The second-order valence-electron chi connectivity index (χ2n) is 2.63. The summed E-state index contributed by atoms with van der Waals surface area (Å²) in [5, 5.41) is 0. The molecule has 0 saturated heterocycles. The molecule has 0 saturated carbocycles. The Kier molecular flexibility index (Phi) is 5.70. The lowest BCUT2D eigenvalue weighted by molar-refractivity contribution is 0.00299. The average Bonchev–Trinajstić information content (AvgIpc) is 2.21. The molecule has 0 amide bonds. The van der Waals surface area contributed by atoms with Crippen molar-refractivity contribution in [2.75, 3.05) is 20.3 Å². The molecule has 0 aliphatic rings. The molecule has 1 N–H and O–H groups in total. The zero-order valence-corrected chi connectivity index (χ0v) is 9.58. The van der Waals surface area contributed by atoms with E-state index in [4.69, 9.17) is 9.57 Å². The largest absolute Gasteiger partial charge is 0.382 e. The van der Waals surface area contributed by atoms with Crippen molar-refractivity contribution in [2.24, 2.45) is 0 Å². The molecule has 4 nitrogen and oxygen atoms in total. The third-order valence-electron chi connectivity index (χ3n) is 1.53. The van der Waals surface area contributed by atoms with Crippen molar-refractivity contribution in [1.82, 2.24) is 10.5 Å². The molecule has 14 heavy (non-hydrogen) atoms. The molecule has 0 unspecified atom stereocenters. The van der Waals surface area contributed by atoms with E-state index in [-0.39, 0.29) is 0 Å². The van der Waals surface area contributed by atoms with Gasteiger partial charge in [-0.3, -0.25) is 9.82 Å². The molecule has 0 aliphatic heterocycles.